The first kappa shape index (κ1) is 10.8. The minimum Gasteiger partial charge on any atom is -0.288 e. The summed E-state index contributed by atoms with van der Waals surface area (Å²) in [6.07, 6.45) is 0. The average molecular weight is 170 g/mol. The number of hydrogen-bond acceptors (Lipinski definition) is 3. The molecule has 0 spiro atoms. The van der Waals surface area contributed by atoms with Crippen molar-refractivity contribution in [2.24, 2.45) is 4.99 Å². The Hall–Kier alpha value is -1.16. The molecule has 0 aromatic rings. The third kappa shape index (κ3) is 3.30. The van der Waals surface area contributed by atoms with Gasteiger partial charge in [0.1, 0.15) is 5.71 Å². The van der Waals surface area contributed by atoms with E-state index in [2.05, 4.69) is 4.99 Å². The molecule has 0 aliphatic heterocycles. The zero-order valence-corrected chi connectivity index (χ0v) is 7.80. The Balaban J connectivity index is 4.58. The van der Waals surface area contributed by atoms with E-state index in [0.29, 0.717) is 0 Å². The molecule has 0 saturated heterocycles. The second-order valence-electron chi connectivity index (χ2n) is 2.72. The van der Waals surface area contributed by atoms with Crippen LogP contribution in [0.25, 0.3) is 0 Å². The molecule has 0 heterocycles. The molecule has 0 atom stereocenters. The fourth-order valence-electron chi connectivity index (χ4n) is 0.495. The molecule has 0 aliphatic rings. The van der Waals surface area contributed by atoms with Crippen molar-refractivity contribution >= 4 is 11.6 Å². The Labute approximate surface area is 72.0 Å². The van der Waals surface area contributed by atoms with Crippen molar-refractivity contribution in [1.82, 2.24) is 5.48 Å². The molecule has 0 bridgehead atoms. The molecule has 0 aromatic heterocycles. The fourth-order valence-corrected chi connectivity index (χ4v) is 0.495. The maximum atomic E-state index is 10.8. The molecule has 0 fully saturated rings. The highest BCUT2D eigenvalue weighted by Gasteiger charge is 2.02. The molecule has 0 saturated carbocycles. The molecule has 68 valence electrons. The number of amides is 1. The number of nitrogens with zero attached hydrogens (tertiary/aromatic N) is 1. The summed E-state index contributed by atoms with van der Waals surface area (Å²) in [5.74, 6) is -0.574. The topological polar surface area (TPSA) is 61.7 Å². The number of rotatable bonds is 2. The zero-order valence-electron chi connectivity index (χ0n) is 7.80. The van der Waals surface area contributed by atoms with E-state index in [-0.39, 0.29) is 5.71 Å². The van der Waals surface area contributed by atoms with Crippen LogP contribution in [0.5, 0.6) is 0 Å². The fraction of sp³-hybridized carbons (Fsp3) is 0.500. The van der Waals surface area contributed by atoms with Gasteiger partial charge in [-0.25, -0.2) is 5.48 Å². The lowest BCUT2D eigenvalue weighted by molar-refractivity contribution is -0.122. The van der Waals surface area contributed by atoms with Crippen LogP contribution in [0.2, 0.25) is 0 Å². The maximum Gasteiger partial charge on any atom is 0.288 e. The van der Waals surface area contributed by atoms with Crippen LogP contribution in [0.3, 0.4) is 0 Å². The normalized spacial score (nSPS) is 10.9. The highest BCUT2D eigenvalue weighted by Crippen LogP contribution is 2.03. The molecule has 0 unspecified atom stereocenters. The summed E-state index contributed by atoms with van der Waals surface area (Å²) in [4.78, 5) is 14.7. The molecular weight excluding hydrogens is 156 g/mol. The van der Waals surface area contributed by atoms with Crippen LogP contribution in [0.4, 0.5) is 0 Å². The first-order valence-electron chi connectivity index (χ1n) is 3.62. The number of nitrogens with one attached hydrogen (secondary N) is 1. The largest absolute Gasteiger partial charge is 0.288 e. The number of aliphatic imine (C=N–C) groups is 1. The van der Waals surface area contributed by atoms with Gasteiger partial charge in [0.2, 0.25) is 0 Å². The van der Waals surface area contributed by atoms with Crippen molar-refractivity contribution in [1.29, 1.82) is 0 Å². The van der Waals surface area contributed by atoms with E-state index in [0.717, 1.165) is 11.3 Å². The number of carbonyl (C=O) groups excluding carboxylic acids is 1. The summed E-state index contributed by atoms with van der Waals surface area (Å²) in [5, 5.41) is 8.26. The Morgan fingerprint density at radius 1 is 1.25 bits per heavy atom. The Morgan fingerprint density at radius 3 is 2.08 bits per heavy atom. The Kier molecular flexibility index (Phi) is 4.21. The molecule has 4 heteroatoms. The van der Waals surface area contributed by atoms with Gasteiger partial charge in [0.05, 0.1) is 0 Å². The number of allylic oxidation sites excluding steroid dienone is 2. The Bertz CT molecular complexity index is 237. The van der Waals surface area contributed by atoms with E-state index in [1.54, 1.807) is 0 Å². The summed E-state index contributed by atoms with van der Waals surface area (Å²) in [6, 6.07) is 0. The minimum atomic E-state index is -0.574. The van der Waals surface area contributed by atoms with Gasteiger partial charge in [-0.05, 0) is 27.7 Å². The van der Waals surface area contributed by atoms with Gasteiger partial charge in [0.15, 0.2) is 0 Å². The minimum absolute atomic E-state index is 0.246. The summed E-state index contributed by atoms with van der Waals surface area (Å²) >= 11 is 0. The second kappa shape index (κ2) is 4.66. The molecule has 0 rings (SSSR count). The van der Waals surface area contributed by atoms with Gasteiger partial charge < -0.3 is 0 Å². The van der Waals surface area contributed by atoms with Crippen molar-refractivity contribution in [2.45, 2.75) is 27.7 Å². The monoisotopic (exact) mass is 170 g/mol. The number of hydroxylamine groups is 1. The van der Waals surface area contributed by atoms with Crippen LogP contribution in [-0.4, -0.2) is 16.8 Å². The lowest BCUT2D eigenvalue weighted by Gasteiger charge is -1.99. The molecule has 4 nitrogen and oxygen atoms in total. The summed E-state index contributed by atoms with van der Waals surface area (Å²) < 4.78 is 0. The molecular formula is C8H14N2O2. The quantitative estimate of drug-likeness (QED) is 0.372. The van der Waals surface area contributed by atoms with Crippen molar-refractivity contribution in [2.75, 3.05) is 0 Å². The third-order valence-corrected chi connectivity index (χ3v) is 1.49. The first-order chi connectivity index (χ1) is 5.49. The molecule has 0 aromatic carbocycles. The van der Waals surface area contributed by atoms with E-state index in [9.17, 15) is 4.79 Å². The molecule has 0 aliphatic carbocycles. The summed E-state index contributed by atoms with van der Waals surface area (Å²) in [6.45, 7) is 7.16. The van der Waals surface area contributed by atoms with E-state index >= 15 is 0 Å². The van der Waals surface area contributed by atoms with Crippen LogP contribution in [0.1, 0.15) is 27.7 Å². The van der Waals surface area contributed by atoms with Gasteiger partial charge in [0.25, 0.3) is 5.91 Å². The van der Waals surface area contributed by atoms with Gasteiger partial charge >= 0.3 is 0 Å². The molecule has 1 amide bonds. The number of hydrogen-bond donors (Lipinski definition) is 2. The standard InChI is InChI=1S/C8H14N2O2/c1-5(2)6(3)9-7(4)8(11)10-12/h12H,1-4H3,(H,10,11)/b9-7-. The lowest BCUT2D eigenvalue weighted by atomic mass is 10.3. The maximum absolute atomic E-state index is 10.8. The SMILES string of the molecule is CC(C)=C(C)/N=C(/C)C(=O)NO. The van der Waals surface area contributed by atoms with Crippen LogP contribution in [0, 0.1) is 0 Å². The molecule has 0 radical (unpaired) electrons. The van der Waals surface area contributed by atoms with Gasteiger partial charge in [-0.3, -0.25) is 15.0 Å². The van der Waals surface area contributed by atoms with Crippen LogP contribution >= 0.6 is 0 Å². The highest BCUT2D eigenvalue weighted by molar-refractivity contribution is 6.37. The van der Waals surface area contributed by atoms with Crippen molar-refractivity contribution < 1.29 is 10.0 Å². The van der Waals surface area contributed by atoms with Crippen LogP contribution in [0.15, 0.2) is 16.3 Å². The third-order valence-electron chi connectivity index (χ3n) is 1.49. The second-order valence-corrected chi connectivity index (χ2v) is 2.72. The van der Waals surface area contributed by atoms with E-state index in [4.69, 9.17) is 5.21 Å². The smallest absolute Gasteiger partial charge is 0.288 e. The molecule has 12 heavy (non-hydrogen) atoms. The Morgan fingerprint density at radius 2 is 1.75 bits per heavy atom. The van der Waals surface area contributed by atoms with Gasteiger partial charge in [0, 0.05) is 5.70 Å². The van der Waals surface area contributed by atoms with Crippen LogP contribution in [-0.2, 0) is 4.79 Å². The van der Waals surface area contributed by atoms with Crippen molar-refractivity contribution in [3.05, 3.63) is 11.3 Å². The van der Waals surface area contributed by atoms with E-state index < -0.39 is 5.91 Å². The van der Waals surface area contributed by atoms with Gasteiger partial charge in [-0.1, -0.05) is 5.57 Å². The van der Waals surface area contributed by atoms with Crippen LogP contribution < -0.4 is 5.48 Å². The zero-order chi connectivity index (χ0) is 9.72. The first-order valence-corrected chi connectivity index (χ1v) is 3.62. The average Bonchev–Trinajstić information content (AvgIpc) is 2.02. The van der Waals surface area contributed by atoms with Gasteiger partial charge in [-0.2, -0.15) is 0 Å². The highest BCUT2D eigenvalue weighted by atomic mass is 16.5. The van der Waals surface area contributed by atoms with Gasteiger partial charge in [-0.15, -0.1) is 0 Å². The molecule has 2 N–H and O–H groups in total. The predicted molar refractivity (Wildman–Crippen MR) is 47.1 cm³/mol. The van der Waals surface area contributed by atoms with Crippen molar-refractivity contribution in [3.63, 3.8) is 0 Å². The lowest BCUT2D eigenvalue weighted by Crippen LogP contribution is -2.25. The van der Waals surface area contributed by atoms with E-state index in [1.807, 2.05) is 20.8 Å². The van der Waals surface area contributed by atoms with Crippen molar-refractivity contribution in [3.8, 4) is 0 Å². The predicted octanol–water partition coefficient (Wildman–Crippen LogP) is 1.27. The van der Waals surface area contributed by atoms with E-state index in [1.165, 1.54) is 12.4 Å². The summed E-state index contributed by atoms with van der Waals surface area (Å²) in [5.41, 5.74) is 3.59. The summed E-state index contributed by atoms with van der Waals surface area (Å²) in [7, 11) is 0. The number of carbonyl (C=O) groups is 1.